The van der Waals surface area contributed by atoms with Crippen LogP contribution in [-0.4, -0.2) is 39.1 Å². The molecule has 1 fully saturated rings. The number of piperidine rings is 1. The standard InChI is InChI=1S/C12H21N5O/c1-12(2,3)10(18)9-17-14-11(13-15-17)16-7-5-4-6-8-16/h4-9H2,1-3H3. The summed E-state index contributed by atoms with van der Waals surface area (Å²) in [6.45, 7) is 7.87. The first-order valence-corrected chi connectivity index (χ1v) is 6.53. The highest BCUT2D eigenvalue weighted by atomic mass is 16.1. The van der Waals surface area contributed by atoms with Crippen LogP contribution in [0.5, 0.6) is 0 Å². The minimum atomic E-state index is -0.362. The average Bonchev–Trinajstić information content (AvgIpc) is 2.77. The van der Waals surface area contributed by atoms with Gasteiger partial charge in [-0.25, -0.2) is 0 Å². The molecule has 0 aromatic carbocycles. The number of carbonyl (C=O) groups excluding carboxylic acids is 1. The monoisotopic (exact) mass is 251 g/mol. The number of anilines is 1. The van der Waals surface area contributed by atoms with Crippen LogP contribution in [0.1, 0.15) is 40.0 Å². The summed E-state index contributed by atoms with van der Waals surface area (Å²) in [5, 5.41) is 12.3. The van der Waals surface area contributed by atoms with Gasteiger partial charge in [0.1, 0.15) is 6.54 Å². The van der Waals surface area contributed by atoms with Crippen molar-refractivity contribution in [2.75, 3.05) is 18.0 Å². The lowest BCUT2D eigenvalue weighted by molar-refractivity contribution is -0.127. The largest absolute Gasteiger partial charge is 0.338 e. The third kappa shape index (κ3) is 3.05. The van der Waals surface area contributed by atoms with Gasteiger partial charge in [0.05, 0.1) is 0 Å². The molecule has 0 N–H and O–H groups in total. The van der Waals surface area contributed by atoms with Crippen molar-refractivity contribution in [3.63, 3.8) is 0 Å². The van der Waals surface area contributed by atoms with Crippen molar-refractivity contribution in [1.82, 2.24) is 20.2 Å². The molecule has 0 atom stereocenters. The SMILES string of the molecule is CC(C)(C)C(=O)Cn1nnc(N2CCCCC2)n1. The van der Waals surface area contributed by atoms with Crippen molar-refractivity contribution in [2.45, 2.75) is 46.6 Å². The molecule has 1 aromatic rings. The minimum Gasteiger partial charge on any atom is -0.338 e. The molecule has 2 rings (SSSR count). The smallest absolute Gasteiger partial charge is 0.266 e. The van der Waals surface area contributed by atoms with E-state index < -0.39 is 0 Å². The zero-order valence-corrected chi connectivity index (χ0v) is 11.4. The molecule has 6 heteroatoms. The molecule has 0 spiro atoms. The maximum atomic E-state index is 11.9. The predicted octanol–water partition coefficient (Wildman–Crippen LogP) is 1.28. The van der Waals surface area contributed by atoms with Gasteiger partial charge in [-0.05, 0) is 24.5 Å². The Morgan fingerprint density at radius 3 is 2.50 bits per heavy atom. The van der Waals surface area contributed by atoms with Crippen molar-refractivity contribution in [3.8, 4) is 0 Å². The Bertz CT molecular complexity index is 414. The maximum Gasteiger partial charge on any atom is 0.266 e. The Labute approximate surface area is 107 Å². The van der Waals surface area contributed by atoms with E-state index in [1.807, 2.05) is 20.8 Å². The van der Waals surface area contributed by atoms with Gasteiger partial charge in [0, 0.05) is 18.5 Å². The molecule has 1 aliphatic heterocycles. The topological polar surface area (TPSA) is 63.9 Å². The van der Waals surface area contributed by atoms with Crippen molar-refractivity contribution in [3.05, 3.63) is 0 Å². The second-order valence-corrected chi connectivity index (χ2v) is 5.84. The molecule has 2 heterocycles. The number of hydrogen-bond donors (Lipinski definition) is 0. The Hall–Kier alpha value is -1.46. The van der Waals surface area contributed by atoms with Crippen molar-refractivity contribution < 1.29 is 4.79 Å². The molecule has 0 amide bonds. The first-order chi connectivity index (χ1) is 8.47. The van der Waals surface area contributed by atoms with E-state index in [0.717, 1.165) is 13.1 Å². The van der Waals surface area contributed by atoms with E-state index in [-0.39, 0.29) is 17.7 Å². The van der Waals surface area contributed by atoms with Crippen LogP contribution in [0.2, 0.25) is 0 Å². The lowest BCUT2D eigenvalue weighted by Crippen LogP contribution is -2.30. The van der Waals surface area contributed by atoms with Gasteiger partial charge in [-0.2, -0.15) is 4.80 Å². The summed E-state index contributed by atoms with van der Waals surface area (Å²) in [6.07, 6.45) is 3.62. The van der Waals surface area contributed by atoms with Gasteiger partial charge in [0.2, 0.25) is 0 Å². The van der Waals surface area contributed by atoms with Crippen LogP contribution in [0, 0.1) is 5.41 Å². The first kappa shape index (κ1) is 13.0. The summed E-state index contributed by atoms with van der Waals surface area (Å²) < 4.78 is 0. The molecule has 1 aliphatic rings. The summed E-state index contributed by atoms with van der Waals surface area (Å²) in [7, 11) is 0. The number of rotatable bonds is 3. The summed E-state index contributed by atoms with van der Waals surface area (Å²) in [5.41, 5.74) is -0.362. The van der Waals surface area contributed by atoms with E-state index >= 15 is 0 Å². The van der Waals surface area contributed by atoms with Crippen LogP contribution in [0.15, 0.2) is 0 Å². The van der Waals surface area contributed by atoms with E-state index in [9.17, 15) is 4.79 Å². The van der Waals surface area contributed by atoms with Gasteiger partial charge < -0.3 is 4.90 Å². The molecule has 1 saturated heterocycles. The number of nitrogens with zero attached hydrogens (tertiary/aromatic N) is 5. The summed E-state index contributed by atoms with van der Waals surface area (Å²) in [5.74, 6) is 0.765. The van der Waals surface area contributed by atoms with Gasteiger partial charge in [-0.15, -0.1) is 5.10 Å². The molecule has 0 saturated carbocycles. The highest BCUT2D eigenvalue weighted by Gasteiger charge is 2.23. The van der Waals surface area contributed by atoms with Crippen LogP contribution in [0.25, 0.3) is 0 Å². The number of hydrogen-bond acceptors (Lipinski definition) is 5. The highest BCUT2D eigenvalue weighted by molar-refractivity contribution is 5.83. The summed E-state index contributed by atoms with van der Waals surface area (Å²) in [6, 6.07) is 0. The molecular weight excluding hydrogens is 230 g/mol. The number of Topliss-reactive ketones (excluding diaryl/α,β-unsaturated/α-hetero) is 1. The second-order valence-electron chi connectivity index (χ2n) is 5.84. The van der Waals surface area contributed by atoms with E-state index in [2.05, 4.69) is 20.3 Å². The predicted molar refractivity (Wildman–Crippen MR) is 68.3 cm³/mol. The molecule has 0 radical (unpaired) electrons. The highest BCUT2D eigenvalue weighted by Crippen LogP contribution is 2.16. The number of aromatic nitrogens is 4. The van der Waals surface area contributed by atoms with E-state index in [0.29, 0.717) is 5.95 Å². The lowest BCUT2D eigenvalue weighted by atomic mass is 9.91. The molecule has 0 aliphatic carbocycles. The Morgan fingerprint density at radius 1 is 1.22 bits per heavy atom. The molecular formula is C12H21N5O. The Morgan fingerprint density at radius 2 is 1.89 bits per heavy atom. The van der Waals surface area contributed by atoms with Gasteiger partial charge in [-0.3, -0.25) is 4.79 Å². The fourth-order valence-corrected chi connectivity index (χ4v) is 1.89. The van der Waals surface area contributed by atoms with E-state index in [1.54, 1.807) is 0 Å². The quantitative estimate of drug-likeness (QED) is 0.809. The molecule has 100 valence electrons. The van der Waals surface area contributed by atoms with E-state index in [4.69, 9.17) is 0 Å². The second kappa shape index (κ2) is 5.04. The Balaban J connectivity index is 1.99. The lowest BCUT2D eigenvalue weighted by Gasteiger charge is -2.24. The first-order valence-electron chi connectivity index (χ1n) is 6.53. The van der Waals surface area contributed by atoms with Crippen molar-refractivity contribution in [1.29, 1.82) is 0 Å². The van der Waals surface area contributed by atoms with Gasteiger partial charge >= 0.3 is 0 Å². The fourth-order valence-electron chi connectivity index (χ4n) is 1.89. The normalized spacial score (nSPS) is 16.9. The molecule has 6 nitrogen and oxygen atoms in total. The number of ketones is 1. The summed E-state index contributed by atoms with van der Waals surface area (Å²) >= 11 is 0. The minimum absolute atomic E-state index is 0.116. The maximum absolute atomic E-state index is 11.9. The van der Waals surface area contributed by atoms with Crippen molar-refractivity contribution in [2.24, 2.45) is 5.41 Å². The van der Waals surface area contributed by atoms with Crippen LogP contribution >= 0.6 is 0 Å². The third-order valence-corrected chi connectivity index (χ3v) is 3.20. The zero-order valence-electron chi connectivity index (χ0n) is 11.4. The third-order valence-electron chi connectivity index (χ3n) is 3.20. The van der Waals surface area contributed by atoms with Crippen LogP contribution in [0.4, 0.5) is 5.95 Å². The van der Waals surface area contributed by atoms with E-state index in [1.165, 1.54) is 24.1 Å². The number of tetrazole rings is 1. The van der Waals surface area contributed by atoms with Crippen molar-refractivity contribution >= 4 is 11.7 Å². The molecule has 1 aromatic heterocycles. The van der Waals surface area contributed by atoms with Gasteiger partial charge in [0.25, 0.3) is 5.95 Å². The molecule has 18 heavy (non-hydrogen) atoms. The average molecular weight is 251 g/mol. The Kier molecular flexibility index (Phi) is 3.63. The van der Waals surface area contributed by atoms with Crippen LogP contribution in [0.3, 0.4) is 0 Å². The molecule has 0 bridgehead atoms. The number of carbonyl (C=O) groups is 1. The van der Waals surface area contributed by atoms with Gasteiger partial charge in [-0.1, -0.05) is 25.9 Å². The van der Waals surface area contributed by atoms with Crippen LogP contribution < -0.4 is 4.90 Å². The van der Waals surface area contributed by atoms with Crippen LogP contribution in [-0.2, 0) is 11.3 Å². The zero-order chi connectivity index (χ0) is 13.2. The fraction of sp³-hybridized carbons (Fsp3) is 0.833. The summed E-state index contributed by atoms with van der Waals surface area (Å²) in [4.78, 5) is 15.4. The molecule has 0 unspecified atom stereocenters. The van der Waals surface area contributed by atoms with Gasteiger partial charge in [0.15, 0.2) is 5.78 Å².